The summed E-state index contributed by atoms with van der Waals surface area (Å²) in [4.78, 5) is 28.2. The Kier molecular flexibility index (Phi) is 7.26. The molecule has 1 heterocycles. The molecular formula is C23H24N2O6. The second-order valence-electron chi connectivity index (χ2n) is 6.76. The molecule has 0 aliphatic carbocycles. The normalized spacial score (nSPS) is 10.4. The number of methoxy groups -OCH3 is 2. The molecule has 8 nitrogen and oxygen atoms in total. The average molecular weight is 424 g/mol. The maximum absolute atomic E-state index is 12.0. The molecule has 31 heavy (non-hydrogen) atoms. The zero-order valence-corrected chi connectivity index (χ0v) is 17.6. The van der Waals surface area contributed by atoms with E-state index >= 15 is 0 Å². The average Bonchev–Trinajstić information content (AvgIpc) is 3.25. The van der Waals surface area contributed by atoms with E-state index in [0.29, 0.717) is 28.8 Å². The summed E-state index contributed by atoms with van der Waals surface area (Å²) < 4.78 is 21.1. The van der Waals surface area contributed by atoms with Crippen molar-refractivity contribution in [1.29, 1.82) is 0 Å². The largest absolute Gasteiger partial charge is 0.493 e. The van der Waals surface area contributed by atoms with Crippen molar-refractivity contribution in [3.63, 3.8) is 0 Å². The number of benzene rings is 2. The van der Waals surface area contributed by atoms with Crippen molar-refractivity contribution in [2.45, 2.75) is 19.8 Å². The first-order valence-corrected chi connectivity index (χ1v) is 9.67. The Labute approximate surface area is 180 Å². The van der Waals surface area contributed by atoms with Gasteiger partial charge in [0.25, 0.3) is 5.91 Å². The number of anilines is 1. The predicted molar refractivity (Wildman–Crippen MR) is 114 cm³/mol. The summed E-state index contributed by atoms with van der Waals surface area (Å²) in [5.74, 6) is 1.12. The Morgan fingerprint density at radius 2 is 1.77 bits per heavy atom. The van der Waals surface area contributed by atoms with E-state index < -0.39 is 18.5 Å². The van der Waals surface area contributed by atoms with Crippen LogP contribution in [0.15, 0.2) is 53.1 Å². The van der Waals surface area contributed by atoms with Gasteiger partial charge in [0.05, 0.1) is 26.8 Å². The molecule has 1 aromatic heterocycles. The number of nitrogens with zero attached hydrogens (tertiary/aromatic N) is 1. The summed E-state index contributed by atoms with van der Waals surface area (Å²) in [7, 11) is 3.03. The summed E-state index contributed by atoms with van der Waals surface area (Å²) >= 11 is 0. The number of oxazole rings is 1. The molecule has 1 N–H and O–H groups in total. The number of esters is 1. The van der Waals surface area contributed by atoms with E-state index in [0.717, 1.165) is 11.1 Å². The number of ether oxygens (including phenoxy) is 3. The second kappa shape index (κ2) is 10.3. The van der Waals surface area contributed by atoms with E-state index in [1.165, 1.54) is 14.2 Å². The van der Waals surface area contributed by atoms with Crippen molar-refractivity contribution < 1.29 is 28.2 Å². The minimum atomic E-state index is -0.516. The SMILES string of the molecule is COc1ccc(NC(=O)COC(=O)CCc2ncc(-c3ccc(C)cc3)o2)cc1OC. The van der Waals surface area contributed by atoms with Crippen molar-refractivity contribution in [3.8, 4) is 22.8 Å². The molecule has 0 fully saturated rings. The summed E-state index contributed by atoms with van der Waals surface area (Å²) in [6.45, 7) is 1.61. The van der Waals surface area contributed by atoms with Gasteiger partial charge in [0, 0.05) is 23.7 Å². The van der Waals surface area contributed by atoms with Crippen LogP contribution in [0, 0.1) is 6.92 Å². The number of aromatic nitrogens is 1. The topological polar surface area (TPSA) is 99.9 Å². The van der Waals surface area contributed by atoms with E-state index in [9.17, 15) is 9.59 Å². The highest BCUT2D eigenvalue weighted by atomic mass is 16.5. The molecule has 0 radical (unpaired) electrons. The lowest BCUT2D eigenvalue weighted by molar-refractivity contribution is -0.147. The van der Waals surface area contributed by atoms with E-state index in [1.54, 1.807) is 24.4 Å². The second-order valence-corrected chi connectivity index (χ2v) is 6.76. The highest BCUT2D eigenvalue weighted by molar-refractivity contribution is 5.93. The number of hydrogen-bond donors (Lipinski definition) is 1. The molecule has 2 aromatic carbocycles. The van der Waals surface area contributed by atoms with E-state index in [1.807, 2.05) is 31.2 Å². The first-order valence-electron chi connectivity index (χ1n) is 9.67. The number of rotatable bonds is 9. The zero-order valence-electron chi connectivity index (χ0n) is 17.6. The van der Waals surface area contributed by atoms with Gasteiger partial charge in [-0.2, -0.15) is 0 Å². The molecule has 0 saturated carbocycles. The molecule has 0 aliphatic rings. The van der Waals surface area contributed by atoms with Crippen molar-refractivity contribution in [1.82, 2.24) is 4.98 Å². The van der Waals surface area contributed by atoms with Gasteiger partial charge in [-0.15, -0.1) is 0 Å². The van der Waals surface area contributed by atoms with Crippen molar-refractivity contribution >= 4 is 17.6 Å². The van der Waals surface area contributed by atoms with E-state index in [2.05, 4.69) is 10.3 Å². The van der Waals surface area contributed by atoms with Crippen molar-refractivity contribution in [3.05, 3.63) is 60.1 Å². The molecule has 1 amide bonds. The highest BCUT2D eigenvalue weighted by Crippen LogP contribution is 2.29. The van der Waals surface area contributed by atoms with Crippen LogP contribution in [-0.2, 0) is 20.7 Å². The van der Waals surface area contributed by atoms with Gasteiger partial charge in [0.15, 0.2) is 29.8 Å². The van der Waals surface area contributed by atoms with Gasteiger partial charge in [-0.1, -0.05) is 29.8 Å². The lowest BCUT2D eigenvalue weighted by Gasteiger charge is -2.10. The number of carbonyl (C=O) groups is 2. The molecule has 0 bridgehead atoms. The van der Waals surface area contributed by atoms with Gasteiger partial charge >= 0.3 is 5.97 Å². The number of aryl methyl sites for hydroxylation is 2. The Morgan fingerprint density at radius 1 is 1.03 bits per heavy atom. The van der Waals surface area contributed by atoms with Crippen LogP contribution in [0.25, 0.3) is 11.3 Å². The van der Waals surface area contributed by atoms with Gasteiger partial charge < -0.3 is 23.9 Å². The standard InChI is InChI=1S/C23H24N2O6/c1-15-4-6-16(7-5-15)20-13-24-22(31-20)10-11-23(27)30-14-21(26)25-17-8-9-18(28-2)19(12-17)29-3/h4-9,12-13H,10-11,14H2,1-3H3,(H,25,26). The Morgan fingerprint density at radius 3 is 2.48 bits per heavy atom. The summed E-state index contributed by atoms with van der Waals surface area (Å²) in [5.41, 5.74) is 2.57. The molecular weight excluding hydrogens is 400 g/mol. The quantitative estimate of drug-likeness (QED) is 0.522. The third-order valence-corrected chi connectivity index (χ3v) is 4.46. The molecule has 0 atom stereocenters. The minimum absolute atomic E-state index is 0.0531. The fraction of sp³-hybridized carbons (Fsp3) is 0.261. The molecule has 0 spiro atoms. The molecule has 0 unspecified atom stereocenters. The summed E-state index contributed by atoms with van der Waals surface area (Å²) in [6.07, 6.45) is 1.96. The third-order valence-electron chi connectivity index (χ3n) is 4.46. The van der Waals surface area contributed by atoms with Crippen LogP contribution in [0.4, 0.5) is 5.69 Å². The van der Waals surface area contributed by atoms with E-state index in [-0.39, 0.29) is 12.8 Å². The summed E-state index contributed by atoms with van der Waals surface area (Å²) in [6, 6.07) is 12.8. The van der Waals surface area contributed by atoms with Crippen LogP contribution in [0.3, 0.4) is 0 Å². The first kappa shape index (κ1) is 21.9. The van der Waals surface area contributed by atoms with Crippen LogP contribution in [0.2, 0.25) is 0 Å². The fourth-order valence-electron chi connectivity index (χ4n) is 2.82. The molecule has 0 saturated heterocycles. The smallest absolute Gasteiger partial charge is 0.306 e. The van der Waals surface area contributed by atoms with Crippen LogP contribution in [0.1, 0.15) is 17.9 Å². The number of amides is 1. The Bertz CT molecular complexity index is 1040. The number of nitrogens with one attached hydrogen (secondary N) is 1. The highest BCUT2D eigenvalue weighted by Gasteiger charge is 2.12. The van der Waals surface area contributed by atoms with Gasteiger partial charge in [-0.25, -0.2) is 4.98 Å². The maximum Gasteiger partial charge on any atom is 0.306 e. The monoisotopic (exact) mass is 424 g/mol. The first-order chi connectivity index (χ1) is 15.0. The molecule has 162 valence electrons. The Hall–Kier alpha value is -3.81. The van der Waals surface area contributed by atoms with Crippen molar-refractivity contribution in [2.24, 2.45) is 0 Å². The maximum atomic E-state index is 12.0. The Balaban J connectivity index is 1.44. The molecule has 3 aromatic rings. The fourth-order valence-corrected chi connectivity index (χ4v) is 2.82. The van der Waals surface area contributed by atoms with Crippen LogP contribution >= 0.6 is 0 Å². The predicted octanol–water partition coefficient (Wildman–Crippen LogP) is 3.78. The van der Waals surface area contributed by atoms with Crippen LogP contribution in [-0.4, -0.2) is 37.7 Å². The van der Waals surface area contributed by atoms with Crippen molar-refractivity contribution in [2.75, 3.05) is 26.1 Å². The van der Waals surface area contributed by atoms with Gasteiger partial charge in [0.1, 0.15) is 0 Å². The summed E-state index contributed by atoms with van der Waals surface area (Å²) in [5, 5.41) is 2.64. The van der Waals surface area contributed by atoms with Gasteiger partial charge in [-0.3, -0.25) is 9.59 Å². The third kappa shape index (κ3) is 6.08. The minimum Gasteiger partial charge on any atom is -0.493 e. The van der Waals surface area contributed by atoms with Crippen LogP contribution < -0.4 is 14.8 Å². The van der Waals surface area contributed by atoms with Crippen LogP contribution in [0.5, 0.6) is 11.5 Å². The number of carbonyl (C=O) groups excluding carboxylic acids is 2. The lowest BCUT2D eigenvalue weighted by Crippen LogP contribution is -2.21. The molecule has 0 aliphatic heterocycles. The molecule has 8 heteroatoms. The van der Waals surface area contributed by atoms with Gasteiger partial charge in [0.2, 0.25) is 0 Å². The number of hydrogen-bond acceptors (Lipinski definition) is 7. The zero-order chi connectivity index (χ0) is 22.2. The molecule has 3 rings (SSSR count). The lowest BCUT2D eigenvalue weighted by atomic mass is 10.1. The van der Waals surface area contributed by atoms with E-state index in [4.69, 9.17) is 18.6 Å². The van der Waals surface area contributed by atoms with Gasteiger partial charge in [-0.05, 0) is 19.1 Å².